The Labute approximate surface area is 117 Å². The maximum Gasteiger partial charge on any atom is 0.266 e. The molecule has 0 atom stereocenters. The lowest BCUT2D eigenvalue weighted by atomic mass is 10.1. The molecule has 0 aromatic heterocycles. The summed E-state index contributed by atoms with van der Waals surface area (Å²) in [5.41, 5.74) is 4.50. The van der Waals surface area contributed by atoms with Crippen LogP contribution in [0.15, 0.2) is 59.5 Å². The van der Waals surface area contributed by atoms with Gasteiger partial charge >= 0.3 is 0 Å². The highest BCUT2D eigenvalue weighted by Crippen LogP contribution is 2.12. The van der Waals surface area contributed by atoms with Crippen molar-refractivity contribution in [3.63, 3.8) is 0 Å². The zero-order valence-electron chi connectivity index (χ0n) is 10.7. The molecule has 0 radical (unpaired) electrons. The molecule has 2 rings (SSSR count). The highest BCUT2D eigenvalue weighted by atomic mass is 32.2. The minimum absolute atomic E-state index is 0.126. The Kier molecular flexibility index (Phi) is 5.01. The molecule has 0 heterocycles. The molecule has 2 N–H and O–H groups in total. The van der Waals surface area contributed by atoms with Crippen molar-refractivity contribution in [1.82, 2.24) is 10.3 Å². The van der Waals surface area contributed by atoms with Crippen molar-refractivity contribution >= 4 is 17.9 Å². The van der Waals surface area contributed by atoms with Gasteiger partial charge in [-0.2, -0.15) is 4.83 Å². The molecule has 1 amide bonds. The van der Waals surface area contributed by atoms with Crippen molar-refractivity contribution in [2.45, 2.75) is 18.2 Å². The van der Waals surface area contributed by atoms with E-state index in [1.807, 2.05) is 54.6 Å². The number of carbonyl (C=O) groups is 1. The second-order valence-corrected chi connectivity index (χ2v) is 4.90. The van der Waals surface area contributed by atoms with Gasteiger partial charge in [-0.25, -0.2) is 0 Å². The molecule has 0 saturated heterocycles. The summed E-state index contributed by atoms with van der Waals surface area (Å²) in [6, 6.07) is 17.4. The van der Waals surface area contributed by atoms with Crippen molar-refractivity contribution in [2.24, 2.45) is 0 Å². The van der Waals surface area contributed by atoms with E-state index in [1.54, 1.807) is 0 Å². The minimum Gasteiger partial charge on any atom is -0.277 e. The molecule has 0 aliphatic carbocycles. The number of nitrogens with one attached hydrogen (secondary N) is 2. The van der Waals surface area contributed by atoms with Gasteiger partial charge in [0.05, 0.1) is 0 Å². The molecule has 98 valence electrons. The van der Waals surface area contributed by atoms with Gasteiger partial charge in [0.25, 0.3) is 5.91 Å². The summed E-state index contributed by atoms with van der Waals surface area (Å²) in [6.45, 7) is 2.07. The van der Waals surface area contributed by atoms with Crippen LogP contribution in [0.1, 0.15) is 22.8 Å². The van der Waals surface area contributed by atoms with E-state index in [0.717, 1.165) is 16.9 Å². The maximum atomic E-state index is 11.9. The van der Waals surface area contributed by atoms with E-state index >= 15 is 0 Å². The molecule has 0 saturated carbocycles. The van der Waals surface area contributed by atoms with E-state index < -0.39 is 0 Å². The van der Waals surface area contributed by atoms with Gasteiger partial charge in [-0.05, 0) is 48.2 Å². The fourth-order valence-electron chi connectivity index (χ4n) is 1.62. The normalized spacial score (nSPS) is 10.2. The third kappa shape index (κ3) is 4.12. The fourth-order valence-corrected chi connectivity index (χ4v) is 2.18. The number of carbonyl (C=O) groups excluding carboxylic acids is 1. The predicted molar refractivity (Wildman–Crippen MR) is 78.7 cm³/mol. The van der Waals surface area contributed by atoms with Gasteiger partial charge in [0.2, 0.25) is 0 Å². The van der Waals surface area contributed by atoms with Gasteiger partial charge in [0.1, 0.15) is 0 Å². The topological polar surface area (TPSA) is 41.1 Å². The molecular weight excluding hydrogens is 256 g/mol. The van der Waals surface area contributed by atoms with Crippen LogP contribution in [-0.2, 0) is 6.42 Å². The Bertz CT molecular complexity index is 543. The molecule has 0 unspecified atom stereocenters. The molecule has 3 nitrogen and oxygen atoms in total. The van der Waals surface area contributed by atoms with Crippen LogP contribution < -0.4 is 10.3 Å². The summed E-state index contributed by atoms with van der Waals surface area (Å²) < 4.78 is 0. The highest BCUT2D eigenvalue weighted by Gasteiger charge is 2.05. The summed E-state index contributed by atoms with van der Waals surface area (Å²) in [6.07, 6.45) is 0.924. The third-order valence-electron chi connectivity index (χ3n) is 2.67. The first-order valence-electron chi connectivity index (χ1n) is 6.16. The predicted octanol–water partition coefficient (Wildman–Crippen LogP) is 3.19. The first-order chi connectivity index (χ1) is 9.29. The number of rotatable bonds is 5. The number of amides is 1. The van der Waals surface area contributed by atoms with Crippen LogP contribution in [-0.4, -0.2) is 5.91 Å². The molecular formula is C15H16N2OS. The summed E-state index contributed by atoms with van der Waals surface area (Å²) in [4.78, 5) is 15.8. The monoisotopic (exact) mass is 272 g/mol. The van der Waals surface area contributed by atoms with E-state index in [2.05, 4.69) is 17.2 Å². The Morgan fingerprint density at radius 2 is 1.89 bits per heavy atom. The Hall–Kier alpha value is -1.78. The minimum atomic E-state index is -0.126. The molecule has 19 heavy (non-hydrogen) atoms. The van der Waals surface area contributed by atoms with E-state index in [-0.39, 0.29) is 5.91 Å². The zero-order valence-corrected chi connectivity index (χ0v) is 11.5. The van der Waals surface area contributed by atoms with Crippen LogP contribution in [0, 0.1) is 0 Å². The van der Waals surface area contributed by atoms with Crippen LogP contribution in [0.3, 0.4) is 0 Å². The molecule has 0 bridgehead atoms. The maximum absolute atomic E-state index is 11.9. The van der Waals surface area contributed by atoms with E-state index in [4.69, 9.17) is 0 Å². The molecule has 0 spiro atoms. The largest absolute Gasteiger partial charge is 0.277 e. The lowest BCUT2D eigenvalue weighted by Gasteiger charge is -2.07. The molecule has 0 aliphatic rings. The van der Waals surface area contributed by atoms with Gasteiger partial charge in [-0.1, -0.05) is 37.3 Å². The first kappa shape index (κ1) is 13.6. The van der Waals surface area contributed by atoms with Crippen LogP contribution in [0.25, 0.3) is 0 Å². The SMILES string of the molecule is CCc1cccc(C(=O)NNSc2ccccc2)c1. The van der Waals surface area contributed by atoms with E-state index in [0.29, 0.717) is 5.56 Å². The van der Waals surface area contributed by atoms with Crippen molar-refractivity contribution < 1.29 is 4.79 Å². The molecule has 2 aromatic rings. The summed E-state index contributed by atoms with van der Waals surface area (Å²) in [7, 11) is 0. The zero-order chi connectivity index (χ0) is 13.5. The molecule has 2 aromatic carbocycles. The lowest BCUT2D eigenvalue weighted by Crippen LogP contribution is -2.32. The number of benzene rings is 2. The second kappa shape index (κ2) is 6.97. The Balaban J connectivity index is 1.87. The smallest absolute Gasteiger partial charge is 0.266 e. The van der Waals surface area contributed by atoms with Crippen LogP contribution >= 0.6 is 11.9 Å². The van der Waals surface area contributed by atoms with E-state index in [9.17, 15) is 4.79 Å². The number of hydrogen-bond donors (Lipinski definition) is 2. The Morgan fingerprint density at radius 3 is 2.63 bits per heavy atom. The van der Waals surface area contributed by atoms with Crippen molar-refractivity contribution in [1.29, 1.82) is 0 Å². The standard InChI is InChI=1S/C15H16N2OS/c1-2-12-7-6-8-13(11-12)15(18)16-17-19-14-9-4-3-5-10-14/h3-11,17H,2H2,1H3,(H,16,18). The van der Waals surface area contributed by atoms with Crippen LogP contribution in [0.5, 0.6) is 0 Å². The number of hydrogen-bond acceptors (Lipinski definition) is 3. The van der Waals surface area contributed by atoms with Crippen LogP contribution in [0.4, 0.5) is 0 Å². The highest BCUT2D eigenvalue weighted by molar-refractivity contribution is 7.97. The van der Waals surface area contributed by atoms with Gasteiger partial charge in [-0.3, -0.25) is 10.2 Å². The second-order valence-electron chi connectivity index (χ2n) is 4.03. The molecule has 0 fully saturated rings. The summed E-state index contributed by atoms with van der Waals surface area (Å²) in [5, 5.41) is 0. The molecule has 4 heteroatoms. The average molecular weight is 272 g/mol. The van der Waals surface area contributed by atoms with Crippen molar-refractivity contribution in [3.8, 4) is 0 Å². The summed E-state index contributed by atoms with van der Waals surface area (Å²) in [5.74, 6) is -0.126. The average Bonchev–Trinajstić information content (AvgIpc) is 2.48. The van der Waals surface area contributed by atoms with Crippen LogP contribution in [0.2, 0.25) is 0 Å². The first-order valence-corrected chi connectivity index (χ1v) is 6.97. The number of hydrazine groups is 1. The van der Waals surface area contributed by atoms with Crippen molar-refractivity contribution in [3.05, 3.63) is 65.7 Å². The van der Waals surface area contributed by atoms with Crippen molar-refractivity contribution in [2.75, 3.05) is 0 Å². The van der Waals surface area contributed by atoms with Gasteiger partial charge in [0.15, 0.2) is 0 Å². The number of aryl methyl sites for hydroxylation is 1. The third-order valence-corrected chi connectivity index (χ3v) is 3.39. The lowest BCUT2D eigenvalue weighted by molar-refractivity contribution is 0.0947. The molecule has 0 aliphatic heterocycles. The van der Waals surface area contributed by atoms with Gasteiger partial charge < -0.3 is 0 Å². The summed E-state index contributed by atoms with van der Waals surface area (Å²) >= 11 is 1.37. The Morgan fingerprint density at radius 1 is 1.11 bits per heavy atom. The van der Waals surface area contributed by atoms with E-state index in [1.165, 1.54) is 11.9 Å². The van der Waals surface area contributed by atoms with Gasteiger partial charge in [-0.15, -0.1) is 0 Å². The van der Waals surface area contributed by atoms with Gasteiger partial charge in [0, 0.05) is 10.5 Å². The quantitative estimate of drug-likeness (QED) is 0.649. The fraction of sp³-hybridized carbons (Fsp3) is 0.133.